The first-order chi connectivity index (χ1) is 10.8. The Morgan fingerprint density at radius 3 is 1.71 bits per heavy atom. The minimum absolute atomic E-state index is 0.0112. The van der Waals surface area contributed by atoms with E-state index < -0.39 is 5.97 Å². The van der Waals surface area contributed by atoms with E-state index in [1.807, 2.05) is 53.7 Å². The summed E-state index contributed by atoms with van der Waals surface area (Å²) in [7, 11) is 1.25. The van der Waals surface area contributed by atoms with Crippen LogP contribution >= 0.6 is 0 Å². The van der Waals surface area contributed by atoms with Gasteiger partial charge in [0.05, 0.1) is 7.11 Å². The quantitative estimate of drug-likeness (QED) is 0.391. The lowest BCUT2D eigenvalue weighted by Gasteiger charge is -2.28. The van der Waals surface area contributed by atoms with Gasteiger partial charge in [-0.15, -0.1) is 0 Å². The van der Waals surface area contributed by atoms with Crippen molar-refractivity contribution in [1.82, 2.24) is 0 Å². The van der Waals surface area contributed by atoms with Crippen LogP contribution in [0.25, 0.3) is 6.08 Å². The smallest absolute Gasteiger partial charge is 0.341 e. The highest BCUT2D eigenvalue weighted by Gasteiger charge is 2.26. The minimum Gasteiger partial charge on any atom is -0.507 e. The number of phenols is 1. The third kappa shape index (κ3) is 4.47. The normalized spacial score (nSPS) is 12.9. The van der Waals surface area contributed by atoms with Crippen molar-refractivity contribution in [3.8, 4) is 5.75 Å². The van der Waals surface area contributed by atoms with Gasteiger partial charge in [-0.3, -0.25) is 4.79 Å². The molecule has 0 radical (unpaired) electrons. The summed E-state index contributed by atoms with van der Waals surface area (Å²) in [6, 6.07) is 3.63. The molecule has 0 atom stereocenters. The largest absolute Gasteiger partial charge is 0.507 e. The molecule has 0 spiro atoms. The van der Waals surface area contributed by atoms with E-state index >= 15 is 0 Å². The van der Waals surface area contributed by atoms with E-state index in [0.29, 0.717) is 5.56 Å². The Morgan fingerprint density at radius 1 is 1.00 bits per heavy atom. The Hall–Kier alpha value is -2.10. The van der Waals surface area contributed by atoms with Gasteiger partial charge in [0.15, 0.2) is 5.78 Å². The molecule has 132 valence electrons. The van der Waals surface area contributed by atoms with E-state index in [-0.39, 0.29) is 27.9 Å². The standard InChI is InChI=1S/C20H28O4/c1-12(21)14(18(23)24-8)9-13-10-15(19(2,3)4)17(22)16(11-13)20(5,6)7/h9-11,22H,1-8H3/b14-9-. The van der Waals surface area contributed by atoms with Gasteiger partial charge in [-0.05, 0) is 41.5 Å². The summed E-state index contributed by atoms with van der Waals surface area (Å²) >= 11 is 0. The fourth-order valence-corrected chi connectivity index (χ4v) is 2.46. The molecule has 24 heavy (non-hydrogen) atoms. The van der Waals surface area contributed by atoms with Crippen molar-refractivity contribution in [1.29, 1.82) is 0 Å². The Kier molecular flexibility index (Phi) is 5.65. The number of methoxy groups -OCH3 is 1. The number of carbonyl (C=O) groups is 2. The fraction of sp³-hybridized carbons (Fsp3) is 0.500. The lowest BCUT2D eigenvalue weighted by atomic mass is 9.78. The topological polar surface area (TPSA) is 63.6 Å². The number of hydrogen-bond donors (Lipinski definition) is 1. The molecule has 0 fully saturated rings. The van der Waals surface area contributed by atoms with Gasteiger partial charge in [0.1, 0.15) is 11.3 Å². The van der Waals surface area contributed by atoms with E-state index in [1.54, 1.807) is 0 Å². The second-order valence-electron chi connectivity index (χ2n) is 8.07. The van der Waals surface area contributed by atoms with Gasteiger partial charge in [-0.25, -0.2) is 4.79 Å². The molecule has 1 aromatic rings. The highest BCUT2D eigenvalue weighted by molar-refractivity contribution is 6.19. The molecule has 0 saturated heterocycles. The van der Waals surface area contributed by atoms with E-state index in [2.05, 4.69) is 4.74 Å². The summed E-state index contributed by atoms with van der Waals surface area (Å²) < 4.78 is 4.69. The number of ketones is 1. The highest BCUT2D eigenvalue weighted by atomic mass is 16.5. The molecule has 4 nitrogen and oxygen atoms in total. The van der Waals surface area contributed by atoms with Crippen LogP contribution in [0.3, 0.4) is 0 Å². The predicted octanol–water partition coefficient (Wildman–Crippen LogP) is 4.13. The maximum Gasteiger partial charge on any atom is 0.341 e. The molecule has 1 rings (SSSR count). The molecule has 1 aromatic carbocycles. The van der Waals surface area contributed by atoms with Gasteiger partial charge < -0.3 is 9.84 Å². The van der Waals surface area contributed by atoms with E-state index in [9.17, 15) is 14.7 Å². The van der Waals surface area contributed by atoms with Crippen LogP contribution in [0.4, 0.5) is 0 Å². The van der Waals surface area contributed by atoms with Gasteiger partial charge in [0, 0.05) is 11.1 Å². The van der Waals surface area contributed by atoms with Gasteiger partial charge in [-0.2, -0.15) is 0 Å². The van der Waals surface area contributed by atoms with Gasteiger partial charge in [-0.1, -0.05) is 41.5 Å². The first kappa shape index (κ1) is 19.9. The Morgan fingerprint density at radius 2 is 1.42 bits per heavy atom. The van der Waals surface area contributed by atoms with Crippen LogP contribution < -0.4 is 0 Å². The average Bonchev–Trinajstić information content (AvgIpc) is 2.42. The van der Waals surface area contributed by atoms with Gasteiger partial charge >= 0.3 is 5.97 Å². The molecule has 0 saturated carbocycles. The Labute approximate surface area is 144 Å². The van der Waals surface area contributed by atoms with Crippen LogP contribution in [0.15, 0.2) is 17.7 Å². The zero-order valence-corrected chi connectivity index (χ0v) is 15.9. The molecular formula is C20H28O4. The van der Waals surface area contributed by atoms with Crippen LogP contribution in [0, 0.1) is 0 Å². The highest BCUT2D eigenvalue weighted by Crippen LogP contribution is 2.40. The number of benzene rings is 1. The van der Waals surface area contributed by atoms with Crippen molar-refractivity contribution in [3.63, 3.8) is 0 Å². The van der Waals surface area contributed by atoms with Crippen LogP contribution in [-0.4, -0.2) is 24.0 Å². The zero-order chi connectivity index (χ0) is 18.9. The van der Waals surface area contributed by atoms with Gasteiger partial charge in [0.2, 0.25) is 0 Å². The zero-order valence-electron chi connectivity index (χ0n) is 15.9. The molecular weight excluding hydrogens is 304 g/mol. The van der Waals surface area contributed by atoms with Crippen LogP contribution in [-0.2, 0) is 25.2 Å². The first-order valence-electron chi connectivity index (χ1n) is 7.98. The summed E-state index contributed by atoms with van der Waals surface area (Å²) in [5.41, 5.74) is 1.66. The van der Waals surface area contributed by atoms with E-state index in [4.69, 9.17) is 0 Å². The van der Waals surface area contributed by atoms with Crippen LogP contribution in [0.1, 0.15) is 65.2 Å². The molecule has 0 aromatic heterocycles. The van der Waals surface area contributed by atoms with E-state index in [0.717, 1.165) is 11.1 Å². The van der Waals surface area contributed by atoms with Crippen LogP contribution in [0.5, 0.6) is 5.75 Å². The Bertz CT molecular complexity index is 648. The maximum absolute atomic E-state index is 11.8. The number of rotatable bonds is 3. The molecule has 0 aliphatic carbocycles. The summed E-state index contributed by atoms with van der Waals surface area (Å²) in [5.74, 6) is -0.760. The summed E-state index contributed by atoms with van der Waals surface area (Å²) in [5, 5.41) is 10.7. The fourth-order valence-electron chi connectivity index (χ4n) is 2.46. The molecule has 0 amide bonds. The number of ether oxygens (including phenoxy) is 1. The number of aromatic hydroxyl groups is 1. The molecule has 4 heteroatoms. The summed E-state index contributed by atoms with van der Waals surface area (Å²) in [6.45, 7) is 13.4. The average molecular weight is 332 g/mol. The number of carbonyl (C=O) groups excluding carboxylic acids is 2. The predicted molar refractivity (Wildman–Crippen MR) is 96.2 cm³/mol. The number of phenolic OH excluding ortho intramolecular Hbond substituents is 1. The lowest BCUT2D eigenvalue weighted by Crippen LogP contribution is -2.18. The third-order valence-electron chi connectivity index (χ3n) is 3.84. The Balaban J connectivity index is 3.72. The maximum atomic E-state index is 11.8. The van der Waals surface area contributed by atoms with Crippen molar-refractivity contribution < 1.29 is 19.4 Å². The molecule has 0 unspecified atom stereocenters. The lowest BCUT2D eigenvalue weighted by molar-refractivity contribution is -0.137. The molecule has 0 bridgehead atoms. The van der Waals surface area contributed by atoms with Gasteiger partial charge in [0.25, 0.3) is 0 Å². The third-order valence-corrected chi connectivity index (χ3v) is 3.84. The second kappa shape index (κ2) is 6.80. The van der Waals surface area contributed by atoms with Crippen molar-refractivity contribution >= 4 is 17.8 Å². The van der Waals surface area contributed by atoms with Crippen molar-refractivity contribution in [2.24, 2.45) is 0 Å². The molecule has 0 aliphatic heterocycles. The molecule has 0 heterocycles. The molecule has 0 aliphatic rings. The minimum atomic E-state index is -0.662. The van der Waals surface area contributed by atoms with E-state index in [1.165, 1.54) is 20.1 Å². The number of Topliss-reactive ketones (excluding diaryl/α,β-unsaturated/α-hetero) is 1. The van der Waals surface area contributed by atoms with Crippen molar-refractivity contribution in [2.45, 2.75) is 59.3 Å². The number of hydrogen-bond acceptors (Lipinski definition) is 4. The van der Waals surface area contributed by atoms with Crippen LogP contribution in [0.2, 0.25) is 0 Å². The first-order valence-corrected chi connectivity index (χ1v) is 7.98. The van der Waals surface area contributed by atoms with Crippen molar-refractivity contribution in [2.75, 3.05) is 7.11 Å². The monoisotopic (exact) mass is 332 g/mol. The molecule has 1 N–H and O–H groups in total. The SMILES string of the molecule is COC(=O)/C(=C\c1cc(C(C)(C)C)c(O)c(C(C)(C)C)c1)C(C)=O. The summed E-state index contributed by atoms with van der Waals surface area (Å²) in [6.07, 6.45) is 1.53. The summed E-state index contributed by atoms with van der Waals surface area (Å²) in [4.78, 5) is 23.6. The number of esters is 1. The second-order valence-corrected chi connectivity index (χ2v) is 8.07. The van der Waals surface area contributed by atoms with Crippen molar-refractivity contribution in [3.05, 3.63) is 34.4 Å².